The molecule has 1 aromatic heterocycles. The van der Waals surface area contributed by atoms with E-state index in [0.29, 0.717) is 17.5 Å². The summed E-state index contributed by atoms with van der Waals surface area (Å²) in [6.07, 6.45) is 0. The van der Waals surface area contributed by atoms with Crippen molar-refractivity contribution >= 4 is 12.6 Å². The van der Waals surface area contributed by atoms with E-state index < -0.39 is 0 Å². The normalized spacial score (nSPS) is 13.8. The van der Waals surface area contributed by atoms with Crippen LogP contribution in [0.25, 0.3) is 0 Å². The zero-order valence-electron chi connectivity index (χ0n) is 7.19. The number of rotatable bonds is 3. The maximum Gasteiger partial charge on any atom is 0.234 e. The Morgan fingerprint density at radius 3 is 2.42 bits per heavy atom. The predicted octanol–water partition coefficient (Wildman–Crippen LogP) is 1.12. The molecule has 68 valence electrons. The van der Waals surface area contributed by atoms with Gasteiger partial charge < -0.3 is 10.2 Å². The van der Waals surface area contributed by atoms with Gasteiger partial charge in [0.05, 0.1) is 6.04 Å². The Hall–Kier alpha value is -0.550. The molecule has 0 aliphatic rings. The molecule has 0 spiro atoms. The van der Waals surface area contributed by atoms with E-state index in [1.807, 2.05) is 13.8 Å². The van der Waals surface area contributed by atoms with Crippen molar-refractivity contribution in [1.82, 2.24) is 10.2 Å². The third-order valence-corrected chi connectivity index (χ3v) is 1.86. The summed E-state index contributed by atoms with van der Waals surface area (Å²) in [6, 6.07) is -0.256. The van der Waals surface area contributed by atoms with Crippen molar-refractivity contribution in [3.05, 3.63) is 11.8 Å². The van der Waals surface area contributed by atoms with Gasteiger partial charge in [-0.3, -0.25) is 0 Å². The van der Waals surface area contributed by atoms with Crippen LogP contribution >= 0.6 is 12.6 Å². The topological polar surface area (TPSA) is 64.9 Å². The Kier molecular flexibility index (Phi) is 3.11. The molecule has 12 heavy (non-hydrogen) atoms. The van der Waals surface area contributed by atoms with Gasteiger partial charge in [0.15, 0.2) is 0 Å². The lowest BCUT2D eigenvalue weighted by atomic mass is 10.2. The van der Waals surface area contributed by atoms with E-state index >= 15 is 0 Å². The van der Waals surface area contributed by atoms with Crippen LogP contribution in [0.3, 0.4) is 0 Å². The molecule has 0 radical (unpaired) electrons. The molecule has 1 atom stereocenters. The number of thiol groups is 1. The first-order valence-electron chi connectivity index (χ1n) is 3.85. The summed E-state index contributed by atoms with van der Waals surface area (Å²) in [5.41, 5.74) is 5.64. The van der Waals surface area contributed by atoms with E-state index in [4.69, 9.17) is 10.2 Å². The van der Waals surface area contributed by atoms with Gasteiger partial charge in [0.25, 0.3) is 0 Å². The van der Waals surface area contributed by atoms with Crippen molar-refractivity contribution in [3.8, 4) is 0 Å². The van der Waals surface area contributed by atoms with Crippen LogP contribution < -0.4 is 5.73 Å². The minimum Gasteiger partial charge on any atom is -0.423 e. The van der Waals surface area contributed by atoms with Crippen molar-refractivity contribution in [2.24, 2.45) is 5.73 Å². The van der Waals surface area contributed by atoms with Crippen LogP contribution in [-0.4, -0.2) is 16.0 Å². The van der Waals surface area contributed by atoms with E-state index in [0.717, 1.165) is 0 Å². The molecule has 0 aliphatic heterocycles. The molecule has 0 bridgehead atoms. The van der Waals surface area contributed by atoms with Crippen molar-refractivity contribution in [1.29, 1.82) is 0 Å². The number of hydrogen-bond donors (Lipinski definition) is 2. The summed E-state index contributed by atoms with van der Waals surface area (Å²) < 4.78 is 5.30. The zero-order chi connectivity index (χ0) is 9.14. The van der Waals surface area contributed by atoms with Gasteiger partial charge in [-0.2, -0.15) is 12.6 Å². The molecule has 1 rings (SSSR count). The largest absolute Gasteiger partial charge is 0.423 e. The van der Waals surface area contributed by atoms with E-state index in [1.165, 1.54) is 0 Å². The molecular formula is C7H13N3OS. The maximum atomic E-state index is 5.64. The van der Waals surface area contributed by atoms with Crippen LogP contribution in [0.4, 0.5) is 0 Å². The molecule has 0 aliphatic carbocycles. The second-order valence-electron chi connectivity index (χ2n) is 2.92. The smallest absolute Gasteiger partial charge is 0.234 e. The highest BCUT2D eigenvalue weighted by atomic mass is 32.1. The number of nitrogens with zero attached hydrogens (tertiary/aromatic N) is 2. The Balaban J connectivity index is 2.77. The van der Waals surface area contributed by atoms with Crippen molar-refractivity contribution in [3.63, 3.8) is 0 Å². The van der Waals surface area contributed by atoms with Crippen LogP contribution in [0.5, 0.6) is 0 Å². The highest BCUT2D eigenvalue weighted by molar-refractivity contribution is 7.80. The summed E-state index contributed by atoms with van der Waals surface area (Å²) in [5.74, 6) is 1.86. The van der Waals surface area contributed by atoms with Gasteiger partial charge >= 0.3 is 0 Å². The third-order valence-electron chi connectivity index (χ3n) is 1.46. The van der Waals surface area contributed by atoms with Gasteiger partial charge in [-0.1, -0.05) is 13.8 Å². The molecule has 4 nitrogen and oxygen atoms in total. The molecule has 0 saturated heterocycles. The first-order valence-corrected chi connectivity index (χ1v) is 4.48. The molecule has 0 fully saturated rings. The van der Waals surface area contributed by atoms with Crippen LogP contribution in [0.2, 0.25) is 0 Å². The molecule has 1 aromatic rings. The average molecular weight is 187 g/mol. The van der Waals surface area contributed by atoms with Crippen molar-refractivity contribution in [2.75, 3.05) is 5.75 Å². The van der Waals surface area contributed by atoms with Gasteiger partial charge in [0.2, 0.25) is 11.8 Å². The fraction of sp³-hybridized carbons (Fsp3) is 0.714. The quantitative estimate of drug-likeness (QED) is 0.696. The van der Waals surface area contributed by atoms with Crippen molar-refractivity contribution in [2.45, 2.75) is 25.8 Å². The fourth-order valence-electron chi connectivity index (χ4n) is 0.708. The third kappa shape index (κ3) is 1.98. The van der Waals surface area contributed by atoms with Crippen LogP contribution in [0, 0.1) is 0 Å². The molecule has 1 heterocycles. The van der Waals surface area contributed by atoms with Crippen LogP contribution in [-0.2, 0) is 0 Å². The predicted molar refractivity (Wildman–Crippen MR) is 49.2 cm³/mol. The summed E-state index contributed by atoms with van der Waals surface area (Å²) in [7, 11) is 0. The SMILES string of the molecule is CC(C)c1nnc([C@@H](N)CS)o1. The summed E-state index contributed by atoms with van der Waals surface area (Å²) >= 11 is 4.04. The number of hydrogen-bond acceptors (Lipinski definition) is 5. The lowest BCUT2D eigenvalue weighted by molar-refractivity contribution is 0.414. The van der Waals surface area contributed by atoms with Gasteiger partial charge in [-0.05, 0) is 0 Å². The summed E-state index contributed by atoms with van der Waals surface area (Å²) in [5, 5.41) is 7.67. The van der Waals surface area contributed by atoms with Gasteiger partial charge in [-0.15, -0.1) is 10.2 Å². The Labute approximate surface area is 77.0 Å². The first-order chi connectivity index (χ1) is 5.65. The lowest BCUT2D eigenvalue weighted by Crippen LogP contribution is -2.11. The van der Waals surface area contributed by atoms with E-state index in [2.05, 4.69) is 22.8 Å². The molecule has 0 amide bonds. The Morgan fingerprint density at radius 2 is 2.00 bits per heavy atom. The molecule has 0 unspecified atom stereocenters. The maximum absolute atomic E-state index is 5.64. The molecular weight excluding hydrogens is 174 g/mol. The molecule has 0 saturated carbocycles. The standard InChI is InChI=1S/C7H13N3OS/c1-4(2)6-9-10-7(11-6)5(8)3-12/h4-5,12H,3,8H2,1-2H3/t5-/m0/s1. The monoisotopic (exact) mass is 187 g/mol. The second-order valence-corrected chi connectivity index (χ2v) is 3.29. The van der Waals surface area contributed by atoms with E-state index in [9.17, 15) is 0 Å². The average Bonchev–Trinajstić information content (AvgIpc) is 2.51. The van der Waals surface area contributed by atoms with Crippen LogP contribution in [0.1, 0.15) is 37.6 Å². The highest BCUT2D eigenvalue weighted by Crippen LogP contribution is 2.15. The van der Waals surface area contributed by atoms with Gasteiger partial charge in [0.1, 0.15) is 0 Å². The number of nitrogens with two attached hydrogens (primary N) is 1. The lowest BCUT2D eigenvalue weighted by Gasteiger charge is -2.00. The summed E-state index contributed by atoms with van der Waals surface area (Å²) in [4.78, 5) is 0. The molecule has 5 heteroatoms. The summed E-state index contributed by atoms with van der Waals surface area (Å²) in [6.45, 7) is 3.98. The van der Waals surface area contributed by atoms with Gasteiger partial charge in [0, 0.05) is 11.7 Å². The van der Waals surface area contributed by atoms with E-state index in [1.54, 1.807) is 0 Å². The minimum absolute atomic E-state index is 0.248. The minimum atomic E-state index is -0.256. The number of aromatic nitrogens is 2. The Bertz CT molecular complexity index is 249. The van der Waals surface area contributed by atoms with Crippen LogP contribution in [0.15, 0.2) is 4.42 Å². The fourth-order valence-corrected chi connectivity index (χ4v) is 0.864. The second kappa shape index (κ2) is 3.91. The Morgan fingerprint density at radius 1 is 1.42 bits per heavy atom. The van der Waals surface area contributed by atoms with E-state index in [-0.39, 0.29) is 12.0 Å². The zero-order valence-corrected chi connectivity index (χ0v) is 8.08. The first kappa shape index (κ1) is 9.54. The van der Waals surface area contributed by atoms with Crippen molar-refractivity contribution < 1.29 is 4.42 Å². The molecule has 2 N–H and O–H groups in total. The highest BCUT2D eigenvalue weighted by Gasteiger charge is 2.14. The molecule has 0 aromatic carbocycles. The van der Waals surface area contributed by atoms with Gasteiger partial charge in [-0.25, -0.2) is 0 Å².